The Hall–Kier alpha value is -3.78. The van der Waals surface area contributed by atoms with Gasteiger partial charge in [-0.15, -0.1) is 11.3 Å². The van der Waals surface area contributed by atoms with Crippen LogP contribution in [0.25, 0.3) is 11.3 Å². The van der Waals surface area contributed by atoms with Gasteiger partial charge in [0, 0.05) is 23.1 Å². The predicted octanol–water partition coefficient (Wildman–Crippen LogP) is 4.60. The number of carbonyl (C=O) groups is 2. The first-order valence-corrected chi connectivity index (χ1v) is 10.9. The van der Waals surface area contributed by atoms with Crippen LogP contribution < -0.4 is 5.32 Å². The molecule has 1 fully saturated rings. The molecular formula is C24H18FN3O3S. The Morgan fingerprint density at radius 1 is 1.09 bits per heavy atom. The average molecular weight is 447 g/mol. The molecule has 2 atom stereocenters. The third-order valence-electron chi connectivity index (χ3n) is 5.39. The summed E-state index contributed by atoms with van der Waals surface area (Å²) < 4.78 is 18.6. The number of hydrogen-bond acceptors (Lipinski definition) is 5. The van der Waals surface area contributed by atoms with E-state index in [0.29, 0.717) is 11.3 Å². The van der Waals surface area contributed by atoms with E-state index in [1.807, 2.05) is 47.8 Å². The van der Waals surface area contributed by atoms with Crippen molar-refractivity contribution >= 4 is 23.2 Å². The third kappa shape index (κ3) is 3.80. The number of benzene rings is 2. The number of nitrogens with one attached hydrogen (secondary N) is 1. The molecule has 0 unspecified atom stereocenters. The summed E-state index contributed by atoms with van der Waals surface area (Å²) in [5.41, 5.74) is 1.61. The maximum atomic E-state index is 13.5. The van der Waals surface area contributed by atoms with Crippen LogP contribution in [0.4, 0.5) is 4.39 Å². The van der Waals surface area contributed by atoms with E-state index in [0.717, 1.165) is 10.4 Å². The fourth-order valence-electron chi connectivity index (χ4n) is 3.82. The number of amides is 2. The van der Waals surface area contributed by atoms with E-state index >= 15 is 0 Å². The summed E-state index contributed by atoms with van der Waals surface area (Å²) in [5, 5.41) is 8.85. The zero-order valence-electron chi connectivity index (χ0n) is 16.8. The van der Waals surface area contributed by atoms with E-state index in [-0.39, 0.29) is 30.0 Å². The summed E-state index contributed by atoms with van der Waals surface area (Å²) in [4.78, 5) is 28.9. The summed E-state index contributed by atoms with van der Waals surface area (Å²) in [7, 11) is 0. The van der Waals surface area contributed by atoms with Crippen molar-refractivity contribution < 1.29 is 18.5 Å². The van der Waals surface area contributed by atoms with Crippen molar-refractivity contribution in [3.05, 3.63) is 100 Å². The Morgan fingerprint density at radius 2 is 1.88 bits per heavy atom. The van der Waals surface area contributed by atoms with Gasteiger partial charge in [0.25, 0.3) is 5.91 Å². The van der Waals surface area contributed by atoms with Crippen LogP contribution in [0.3, 0.4) is 0 Å². The minimum absolute atomic E-state index is 0.0902. The molecule has 2 aromatic heterocycles. The lowest BCUT2D eigenvalue weighted by atomic mass is 10.00. The molecule has 1 aliphatic heterocycles. The highest BCUT2D eigenvalue weighted by molar-refractivity contribution is 7.10. The smallest absolute Gasteiger partial charge is 0.277 e. The highest BCUT2D eigenvalue weighted by Gasteiger charge is 2.40. The molecule has 0 saturated carbocycles. The number of halogens is 1. The van der Waals surface area contributed by atoms with Gasteiger partial charge >= 0.3 is 0 Å². The lowest BCUT2D eigenvalue weighted by Gasteiger charge is -2.38. The number of nitrogens with zero attached hydrogens (tertiary/aromatic N) is 2. The Bertz CT molecular complexity index is 1240. The fourth-order valence-corrected chi connectivity index (χ4v) is 4.65. The number of rotatable bonds is 4. The molecule has 2 aromatic carbocycles. The standard InChI is InChI=1S/C24H18FN3O3S/c25-17-10-8-16(9-11-17)20-13-18(27-31-20)24(30)28-14-19(15-5-2-1-3-6-15)26-23(29)22(28)21-7-4-12-32-21/h1-13,19,22H,14H2,(H,26,29)/t19-,22+/m1/s1. The van der Waals surface area contributed by atoms with Crippen LogP contribution in [0.15, 0.2) is 82.7 Å². The number of thiophene rings is 1. The molecule has 3 heterocycles. The first-order chi connectivity index (χ1) is 15.6. The van der Waals surface area contributed by atoms with E-state index in [9.17, 15) is 14.0 Å². The largest absolute Gasteiger partial charge is 0.355 e. The van der Waals surface area contributed by atoms with E-state index < -0.39 is 11.9 Å². The van der Waals surface area contributed by atoms with Crippen molar-refractivity contribution in [2.75, 3.05) is 6.54 Å². The predicted molar refractivity (Wildman–Crippen MR) is 117 cm³/mol. The van der Waals surface area contributed by atoms with Gasteiger partial charge in [0.2, 0.25) is 5.91 Å². The highest BCUT2D eigenvalue weighted by atomic mass is 32.1. The molecule has 1 saturated heterocycles. The normalized spacial score (nSPS) is 18.4. The van der Waals surface area contributed by atoms with Crippen LogP contribution in [-0.2, 0) is 4.79 Å². The van der Waals surface area contributed by atoms with Gasteiger partial charge in [-0.3, -0.25) is 9.59 Å². The van der Waals surface area contributed by atoms with Gasteiger partial charge in [-0.1, -0.05) is 41.6 Å². The molecule has 4 aromatic rings. The molecule has 32 heavy (non-hydrogen) atoms. The zero-order valence-corrected chi connectivity index (χ0v) is 17.6. The van der Waals surface area contributed by atoms with Gasteiger partial charge in [0.05, 0.1) is 6.04 Å². The molecular weight excluding hydrogens is 429 g/mol. The average Bonchev–Trinajstić information content (AvgIpc) is 3.52. The molecule has 0 aliphatic carbocycles. The van der Waals surface area contributed by atoms with E-state index in [1.54, 1.807) is 12.1 Å². The van der Waals surface area contributed by atoms with Crippen LogP contribution in [0.1, 0.15) is 33.0 Å². The molecule has 160 valence electrons. The van der Waals surface area contributed by atoms with Crippen molar-refractivity contribution in [2.24, 2.45) is 0 Å². The Kier molecular flexibility index (Phi) is 5.28. The lowest BCUT2D eigenvalue weighted by Crippen LogP contribution is -2.53. The second-order valence-corrected chi connectivity index (χ2v) is 8.41. The summed E-state index contributed by atoms with van der Waals surface area (Å²) in [5.74, 6) is -0.670. The van der Waals surface area contributed by atoms with Gasteiger partial charge in [-0.05, 0) is 41.3 Å². The zero-order chi connectivity index (χ0) is 22.1. The maximum absolute atomic E-state index is 13.5. The molecule has 1 N–H and O–H groups in total. The minimum atomic E-state index is -0.756. The molecule has 5 rings (SSSR count). The number of carbonyl (C=O) groups excluding carboxylic acids is 2. The summed E-state index contributed by atoms with van der Waals surface area (Å²) in [6, 6.07) is 19.4. The molecule has 0 bridgehead atoms. The quantitative estimate of drug-likeness (QED) is 0.496. The SMILES string of the molecule is O=C1N[C@@H](c2ccccc2)CN(C(=O)c2cc(-c3ccc(F)cc3)on2)[C@H]1c1cccs1. The monoisotopic (exact) mass is 447 g/mol. The fraction of sp³-hybridized carbons (Fsp3) is 0.125. The molecule has 2 amide bonds. The second kappa shape index (κ2) is 8.39. The Balaban J connectivity index is 1.48. The van der Waals surface area contributed by atoms with Gasteiger partial charge in [0.1, 0.15) is 11.9 Å². The van der Waals surface area contributed by atoms with Gasteiger partial charge in [-0.25, -0.2) is 4.39 Å². The molecule has 8 heteroatoms. The minimum Gasteiger partial charge on any atom is -0.355 e. The molecule has 1 aliphatic rings. The third-order valence-corrected chi connectivity index (χ3v) is 6.31. The number of piperazine rings is 1. The van der Waals surface area contributed by atoms with Crippen molar-refractivity contribution in [1.29, 1.82) is 0 Å². The van der Waals surface area contributed by atoms with E-state index in [1.165, 1.54) is 34.4 Å². The summed E-state index contributed by atoms with van der Waals surface area (Å²) in [6.07, 6.45) is 0. The summed E-state index contributed by atoms with van der Waals surface area (Å²) in [6.45, 7) is 0.288. The first kappa shape index (κ1) is 20.1. The Labute approximate surface area is 187 Å². The molecule has 0 radical (unpaired) electrons. The topological polar surface area (TPSA) is 75.4 Å². The van der Waals surface area contributed by atoms with Crippen LogP contribution in [0.2, 0.25) is 0 Å². The van der Waals surface area contributed by atoms with E-state index in [2.05, 4.69) is 10.5 Å². The molecule has 6 nitrogen and oxygen atoms in total. The van der Waals surface area contributed by atoms with Crippen molar-refractivity contribution in [1.82, 2.24) is 15.4 Å². The van der Waals surface area contributed by atoms with Crippen LogP contribution in [0.5, 0.6) is 0 Å². The van der Waals surface area contributed by atoms with E-state index in [4.69, 9.17) is 4.52 Å². The highest BCUT2D eigenvalue weighted by Crippen LogP contribution is 2.33. The van der Waals surface area contributed by atoms with Crippen molar-refractivity contribution in [3.63, 3.8) is 0 Å². The van der Waals surface area contributed by atoms with Gasteiger partial charge < -0.3 is 14.7 Å². The Morgan fingerprint density at radius 3 is 2.59 bits per heavy atom. The number of hydrogen-bond donors (Lipinski definition) is 1. The van der Waals surface area contributed by atoms with Crippen LogP contribution in [-0.4, -0.2) is 28.4 Å². The molecule has 0 spiro atoms. The van der Waals surface area contributed by atoms with Crippen molar-refractivity contribution in [2.45, 2.75) is 12.1 Å². The maximum Gasteiger partial charge on any atom is 0.277 e. The first-order valence-electron chi connectivity index (χ1n) is 10.0. The number of aromatic nitrogens is 1. The summed E-state index contributed by atoms with van der Waals surface area (Å²) >= 11 is 1.42. The van der Waals surface area contributed by atoms with Gasteiger partial charge in [0.15, 0.2) is 11.5 Å². The lowest BCUT2D eigenvalue weighted by molar-refractivity contribution is -0.129. The second-order valence-electron chi connectivity index (χ2n) is 7.43. The van der Waals surface area contributed by atoms with Crippen LogP contribution >= 0.6 is 11.3 Å². The van der Waals surface area contributed by atoms with Crippen LogP contribution in [0, 0.1) is 5.82 Å². The van der Waals surface area contributed by atoms with Gasteiger partial charge in [-0.2, -0.15) is 0 Å². The van der Waals surface area contributed by atoms with Crippen molar-refractivity contribution in [3.8, 4) is 11.3 Å².